The molecule has 0 bridgehead atoms. The molecule has 2 heterocycles. The van der Waals surface area contributed by atoms with E-state index in [4.69, 9.17) is 9.47 Å². The second-order valence-corrected chi connectivity index (χ2v) is 11.1. The van der Waals surface area contributed by atoms with Crippen molar-refractivity contribution in [1.29, 1.82) is 0 Å². The third kappa shape index (κ3) is 5.42. The summed E-state index contributed by atoms with van der Waals surface area (Å²) in [5.41, 5.74) is 0.885. The van der Waals surface area contributed by atoms with Crippen molar-refractivity contribution in [2.24, 2.45) is 0 Å². The number of benzene rings is 2. The maximum absolute atomic E-state index is 13.5. The average molecular weight is 509 g/mol. The fourth-order valence-electron chi connectivity index (χ4n) is 4.22. The zero-order valence-electron chi connectivity index (χ0n) is 17.8. The summed E-state index contributed by atoms with van der Waals surface area (Å²) in [6.45, 7) is 5.24. The Kier molecular flexibility index (Phi) is 7.21. The van der Waals surface area contributed by atoms with Crippen molar-refractivity contribution < 1.29 is 17.9 Å². The van der Waals surface area contributed by atoms with Gasteiger partial charge in [0, 0.05) is 23.6 Å². The molecule has 2 aromatic rings. The number of ether oxygens (including phenoxy) is 2. The zero-order chi connectivity index (χ0) is 21.8. The maximum atomic E-state index is 13.5. The van der Waals surface area contributed by atoms with Crippen molar-refractivity contribution in [2.75, 3.05) is 26.4 Å². The van der Waals surface area contributed by atoms with Crippen LogP contribution in [0, 0.1) is 0 Å². The number of likely N-dealkylation sites (tertiary alicyclic amines) is 1. The number of hydrogen-bond donors (Lipinski definition) is 0. The lowest BCUT2D eigenvalue weighted by Gasteiger charge is -2.34. The van der Waals surface area contributed by atoms with Gasteiger partial charge in [-0.25, -0.2) is 8.42 Å². The van der Waals surface area contributed by atoms with Gasteiger partial charge in [0.25, 0.3) is 0 Å². The molecule has 1 saturated heterocycles. The van der Waals surface area contributed by atoms with Gasteiger partial charge in [-0.1, -0.05) is 28.4 Å². The molecule has 2 aromatic carbocycles. The number of nitrogens with zero attached hydrogens (tertiary/aromatic N) is 2. The van der Waals surface area contributed by atoms with E-state index < -0.39 is 10.0 Å². The molecule has 0 amide bonds. The van der Waals surface area contributed by atoms with E-state index in [-0.39, 0.29) is 6.79 Å². The van der Waals surface area contributed by atoms with Crippen LogP contribution in [-0.4, -0.2) is 50.1 Å². The van der Waals surface area contributed by atoms with Crippen molar-refractivity contribution in [1.82, 2.24) is 9.21 Å². The standard InChI is InChI=1S/C23H29BrN2O4S/c1-18-5-2-3-12-25(18)13-4-14-26(31(27,28)21-9-7-20(24)8-10-21)16-19-6-11-22-23(15-19)30-17-29-22/h6-11,15,18H,2-5,12-14,16-17H2,1H3. The number of sulfonamides is 1. The molecule has 0 aromatic heterocycles. The molecule has 0 radical (unpaired) electrons. The number of fused-ring (bicyclic) bond motifs is 1. The van der Waals surface area contributed by atoms with Crippen molar-refractivity contribution in [3.63, 3.8) is 0 Å². The first-order chi connectivity index (χ1) is 14.9. The van der Waals surface area contributed by atoms with Crippen LogP contribution in [0.4, 0.5) is 0 Å². The molecule has 1 atom stereocenters. The first kappa shape index (κ1) is 22.6. The third-order valence-electron chi connectivity index (χ3n) is 6.04. The number of hydrogen-bond acceptors (Lipinski definition) is 5. The summed E-state index contributed by atoms with van der Waals surface area (Å²) in [6, 6.07) is 13.0. The number of piperidine rings is 1. The van der Waals surface area contributed by atoms with Gasteiger partial charge in [0.15, 0.2) is 11.5 Å². The summed E-state index contributed by atoms with van der Waals surface area (Å²) < 4.78 is 40.2. The summed E-state index contributed by atoms with van der Waals surface area (Å²) in [7, 11) is -3.62. The number of rotatable bonds is 8. The summed E-state index contributed by atoms with van der Waals surface area (Å²) in [6.07, 6.45) is 4.52. The summed E-state index contributed by atoms with van der Waals surface area (Å²) in [5, 5.41) is 0. The lowest BCUT2D eigenvalue weighted by Crippen LogP contribution is -2.40. The van der Waals surface area contributed by atoms with Gasteiger partial charge < -0.3 is 14.4 Å². The normalized spacial score (nSPS) is 19.1. The van der Waals surface area contributed by atoms with Crippen LogP contribution in [0.1, 0.15) is 38.2 Å². The average Bonchev–Trinajstić information content (AvgIpc) is 3.22. The minimum Gasteiger partial charge on any atom is -0.454 e. The molecule has 168 valence electrons. The van der Waals surface area contributed by atoms with Gasteiger partial charge >= 0.3 is 0 Å². The monoisotopic (exact) mass is 508 g/mol. The molecule has 6 nitrogen and oxygen atoms in total. The molecule has 2 aliphatic heterocycles. The predicted molar refractivity (Wildman–Crippen MR) is 124 cm³/mol. The van der Waals surface area contributed by atoms with E-state index in [1.165, 1.54) is 19.3 Å². The second kappa shape index (κ2) is 9.90. The summed E-state index contributed by atoms with van der Waals surface area (Å²) in [4.78, 5) is 2.79. The van der Waals surface area contributed by atoms with Crippen LogP contribution in [0.2, 0.25) is 0 Å². The van der Waals surface area contributed by atoms with Gasteiger partial charge in [0.1, 0.15) is 0 Å². The van der Waals surface area contributed by atoms with Crippen LogP contribution >= 0.6 is 15.9 Å². The van der Waals surface area contributed by atoms with Crippen molar-refractivity contribution in [3.05, 3.63) is 52.5 Å². The number of halogens is 1. The van der Waals surface area contributed by atoms with E-state index in [2.05, 4.69) is 27.8 Å². The molecular weight excluding hydrogens is 480 g/mol. The van der Waals surface area contributed by atoms with Gasteiger partial charge in [0.05, 0.1) is 4.90 Å². The van der Waals surface area contributed by atoms with E-state index in [0.29, 0.717) is 35.5 Å². The Morgan fingerprint density at radius 1 is 1.10 bits per heavy atom. The SMILES string of the molecule is CC1CCCCN1CCCN(Cc1ccc2c(c1)OCO2)S(=O)(=O)c1ccc(Br)cc1. The van der Waals surface area contributed by atoms with Crippen molar-refractivity contribution in [2.45, 2.75) is 50.1 Å². The molecule has 1 fully saturated rings. The highest BCUT2D eigenvalue weighted by atomic mass is 79.9. The van der Waals surface area contributed by atoms with Crippen LogP contribution in [0.5, 0.6) is 11.5 Å². The molecular formula is C23H29BrN2O4S. The van der Waals surface area contributed by atoms with Crippen LogP contribution in [0.3, 0.4) is 0 Å². The summed E-state index contributed by atoms with van der Waals surface area (Å²) in [5.74, 6) is 1.37. The second-order valence-electron chi connectivity index (χ2n) is 8.21. The molecule has 8 heteroatoms. The molecule has 4 rings (SSSR count). The minimum atomic E-state index is -3.62. The third-order valence-corrected chi connectivity index (χ3v) is 8.43. The van der Waals surface area contributed by atoms with Crippen LogP contribution in [0.15, 0.2) is 51.8 Å². The summed E-state index contributed by atoms with van der Waals surface area (Å²) >= 11 is 3.38. The first-order valence-corrected chi connectivity index (χ1v) is 13.0. The lowest BCUT2D eigenvalue weighted by atomic mass is 10.0. The van der Waals surface area contributed by atoms with Gasteiger partial charge in [-0.2, -0.15) is 4.31 Å². The molecule has 31 heavy (non-hydrogen) atoms. The molecule has 0 spiro atoms. The predicted octanol–water partition coefficient (Wildman–Crippen LogP) is 4.63. The fraction of sp³-hybridized carbons (Fsp3) is 0.478. The van der Waals surface area contributed by atoms with Crippen LogP contribution < -0.4 is 9.47 Å². The fourth-order valence-corrected chi connectivity index (χ4v) is 5.95. The molecule has 0 N–H and O–H groups in total. The van der Waals surface area contributed by atoms with Gasteiger partial charge in [-0.15, -0.1) is 0 Å². The maximum Gasteiger partial charge on any atom is 0.243 e. The van der Waals surface area contributed by atoms with E-state index in [1.807, 2.05) is 18.2 Å². The van der Waals surface area contributed by atoms with E-state index >= 15 is 0 Å². The molecule has 2 aliphatic rings. The smallest absolute Gasteiger partial charge is 0.243 e. The zero-order valence-corrected chi connectivity index (χ0v) is 20.2. The van der Waals surface area contributed by atoms with Crippen LogP contribution in [0.25, 0.3) is 0 Å². The van der Waals surface area contributed by atoms with Crippen molar-refractivity contribution >= 4 is 26.0 Å². The Bertz CT molecular complexity index is 997. The Morgan fingerprint density at radius 3 is 2.65 bits per heavy atom. The van der Waals surface area contributed by atoms with Gasteiger partial charge in [-0.3, -0.25) is 0 Å². The quantitative estimate of drug-likeness (QED) is 0.519. The Hall–Kier alpha value is -1.61. The van der Waals surface area contributed by atoms with E-state index in [1.54, 1.807) is 28.6 Å². The highest BCUT2D eigenvalue weighted by molar-refractivity contribution is 9.10. The van der Waals surface area contributed by atoms with Gasteiger partial charge in [0.2, 0.25) is 16.8 Å². The van der Waals surface area contributed by atoms with Gasteiger partial charge in [-0.05, 0) is 81.2 Å². The Morgan fingerprint density at radius 2 is 1.87 bits per heavy atom. The van der Waals surface area contributed by atoms with E-state index in [0.717, 1.165) is 29.5 Å². The van der Waals surface area contributed by atoms with E-state index in [9.17, 15) is 8.42 Å². The topological polar surface area (TPSA) is 59.1 Å². The Labute approximate surface area is 193 Å². The minimum absolute atomic E-state index is 0.202. The lowest BCUT2D eigenvalue weighted by molar-refractivity contribution is 0.155. The highest BCUT2D eigenvalue weighted by Gasteiger charge is 2.26. The first-order valence-electron chi connectivity index (χ1n) is 10.8. The van der Waals surface area contributed by atoms with Crippen LogP contribution in [-0.2, 0) is 16.6 Å². The molecule has 0 aliphatic carbocycles. The molecule has 0 saturated carbocycles. The molecule has 1 unspecified atom stereocenters. The Balaban J connectivity index is 1.51. The highest BCUT2D eigenvalue weighted by Crippen LogP contribution is 2.33. The largest absolute Gasteiger partial charge is 0.454 e. The van der Waals surface area contributed by atoms with Crippen molar-refractivity contribution in [3.8, 4) is 11.5 Å².